The molecule has 0 N–H and O–H groups in total. The van der Waals surface area contributed by atoms with E-state index in [2.05, 4.69) is 0 Å². The molecule has 30 heavy (non-hydrogen) atoms. The van der Waals surface area contributed by atoms with Crippen LogP contribution < -0.4 is 9.80 Å². The summed E-state index contributed by atoms with van der Waals surface area (Å²) < 4.78 is 39.9. The minimum absolute atomic E-state index is 0.106. The molecule has 0 unspecified atom stereocenters. The van der Waals surface area contributed by atoms with Crippen LogP contribution in [-0.4, -0.2) is 19.5 Å². The number of hydrogen-bond acceptors (Lipinski definition) is 3. The number of carbonyl (C=O) groups is 1. The first-order valence-corrected chi connectivity index (χ1v) is 10.2. The second-order valence-corrected chi connectivity index (χ2v) is 8.02. The Morgan fingerprint density at radius 1 is 0.933 bits per heavy atom. The topological polar surface area (TPSA) is 23.6 Å². The molecule has 0 atom stereocenters. The summed E-state index contributed by atoms with van der Waals surface area (Å²) in [7, 11) is 1.70. The molecule has 1 aliphatic heterocycles. The third kappa shape index (κ3) is 4.03. The molecule has 4 rings (SSSR count). The fraction of sp³-hybridized carbons (Fsp3) is 0.174. The lowest BCUT2D eigenvalue weighted by Crippen LogP contribution is -2.31. The number of carbonyl (C=O) groups excluding carboxylic acids is 1. The smallest absolute Gasteiger partial charge is 0.339 e. The van der Waals surface area contributed by atoms with Crippen LogP contribution in [0.3, 0.4) is 0 Å². The number of hydrogen-bond donors (Lipinski definition) is 0. The number of alkyl halides is 3. The zero-order valence-corrected chi connectivity index (χ0v) is 17.0. The summed E-state index contributed by atoms with van der Waals surface area (Å²) in [4.78, 5) is 17.8. The van der Waals surface area contributed by atoms with Crippen LogP contribution in [0.15, 0.2) is 82.6 Å². The molecule has 1 amide bonds. The number of benzene rings is 3. The number of fused-ring (bicyclic) bond motifs is 2. The van der Waals surface area contributed by atoms with Gasteiger partial charge in [0.2, 0.25) is 5.91 Å². The van der Waals surface area contributed by atoms with Crippen molar-refractivity contribution in [1.82, 2.24) is 0 Å². The maximum Gasteiger partial charge on any atom is 0.416 e. The predicted octanol–water partition coefficient (Wildman–Crippen LogP) is 6.36. The van der Waals surface area contributed by atoms with Crippen LogP contribution in [-0.2, 0) is 11.0 Å². The Kier molecular flexibility index (Phi) is 5.47. The standard InChI is InChI=1S/C23H19F3N2OS/c1-27(17-7-3-2-4-8-17)22(29)13-14-28-18-9-5-6-10-20(18)30-21-12-11-16(15-19(21)28)23(24,25)26/h2-12,15H,13-14H2,1H3. The number of para-hydroxylation sites is 2. The van der Waals surface area contributed by atoms with E-state index in [1.54, 1.807) is 11.9 Å². The lowest BCUT2D eigenvalue weighted by Gasteiger charge is -2.33. The van der Waals surface area contributed by atoms with Gasteiger partial charge in [0.15, 0.2) is 0 Å². The average molecular weight is 428 g/mol. The maximum atomic E-state index is 13.3. The van der Waals surface area contributed by atoms with Gasteiger partial charge >= 0.3 is 6.18 Å². The van der Waals surface area contributed by atoms with E-state index in [0.29, 0.717) is 5.69 Å². The van der Waals surface area contributed by atoms with Crippen molar-refractivity contribution in [3.8, 4) is 0 Å². The minimum Gasteiger partial charge on any atom is -0.339 e. The van der Waals surface area contributed by atoms with E-state index in [1.165, 1.54) is 23.9 Å². The van der Waals surface area contributed by atoms with E-state index in [0.717, 1.165) is 27.2 Å². The van der Waals surface area contributed by atoms with Crippen LogP contribution in [0, 0.1) is 0 Å². The van der Waals surface area contributed by atoms with Crippen molar-refractivity contribution in [2.24, 2.45) is 0 Å². The van der Waals surface area contributed by atoms with Crippen molar-refractivity contribution in [3.63, 3.8) is 0 Å². The van der Waals surface area contributed by atoms with E-state index in [-0.39, 0.29) is 18.9 Å². The molecule has 0 saturated carbocycles. The molecule has 0 bridgehead atoms. The van der Waals surface area contributed by atoms with Crippen molar-refractivity contribution in [3.05, 3.63) is 78.4 Å². The quantitative estimate of drug-likeness (QED) is 0.483. The first-order valence-electron chi connectivity index (χ1n) is 9.42. The highest BCUT2D eigenvalue weighted by Crippen LogP contribution is 2.49. The van der Waals surface area contributed by atoms with Gasteiger partial charge in [-0.1, -0.05) is 42.1 Å². The fourth-order valence-corrected chi connectivity index (χ4v) is 4.49. The third-order valence-electron chi connectivity index (χ3n) is 5.02. The van der Waals surface area contributed by atoms with Gasteiger partial charge in [-0.25, -0.2) is 0 Å². The van der Waals surface area contributed by atoms with Crippen LogP contribution in [0.2, 0.25) is 0 Å². The van der Waals surface area contributed by atoms with E-state index >= 15 is 0 Å². The van der Waals surface area contributed by atoms with Crippen LogP contribution in [0.25, 0.3) is 0 Å². The first kappa shape index (κ1) is 20.3. The van der Waals surface area contributed by atoms with Crippen molar-refractivity contribution in [2.75, 3.05) is 23.4 Å². The van der Waals surface area contributed by atoms with E-state index in [4.69, 9.17) is 0 Å². The molecule has 3 nitrogen and oxygen atoms in total. The number of nitrogens with zero attached hydrogens (tertiary/aromatic N) is 2. The fourth-order valence-electron chi connectivity index (χ4n) is 3.42. The molecule has 3 aromatic rings. The SMILES string of the molecule is CN(C(=O)CCN1c2ccccc2Sc2ccc(C(F)(F)F)cc21)c1ccccc1. The number of anilines is 3. The molecule has 0 saturated heterocycles. The Morgan fingerprint density at radius 3 is 2.33 bits per heavy atom. The zero-order valence-electron chi connectivity index (χ0n) is 16.2. The third-order valence-corrected chi connectivity index (χ3v) is 6.15. The summed E-state index contributed by atoms with van der Waals surface area (Å²) in [5.41, 5.74) is 1.36. The van der Waals surface area contributed by atoms with Gasteiger partial charge in [0.1, 0.15) is 0 Å². The molecule has 3 aromatic carbocycles. The summed E-state index contributed by atoms with van der Waals surface area (Å²) in [6.45, 7) is 0.280. The summed E-state index contributed by atoms with van der Waals surface area (Å²) in [6, 6.07) is 20.6. The van der Waals surface area contributed by atoms with E-state index < -0.39 is 11.7 Å². The molecule has 0 aliphatic carbocycles. The van der Waals surface area contributed by atoms with Crippen LogP contribution >= 0.6 is 11.8 Å². The minimum atomic E-state index is -4.42. The Bertz CT molecular complexity index is 1070. The van der Waals surface area contributed by atoms with Crippen LogP contribution in [0.5, 0.6) is 0 Å². The lowest BCUT2D eigenvalue weighted by molar-refractivity contribution is -0.137. The van der Waals surface area contributed by atoms with Gasteiger partial charge in [0.25, 0.3) is 0 Å². The molecular formula is C23H19F3N2OS. The molecule has 0 radical (unpaired) electrons. The van der Waals surface area contributed by atoms with Crippen LogP contribution in [0.4, 0.5) is 30.2 Å². The van der Waals surface area contributed by atoms with Gasteiger partial charge < -0.3 is 9.80 Å². The largest absolute Gasteiger partial charge is 0.416 e. The lowest BCUT2D eigenvalue weighted by atomic mass is 10.1. The maximum absolute atomic E-state index is 13.3. The predicted molar refractivity (Wildman–Crippen MR) is 113 cm³/mol. The Morgan fingerprint density at radius 2 is 1.60 bits per heavy atom. The highest BCUT2D eigenvalue weighted by molar-refractivity contribution is 7.99. The van der Waals surface area contributed by atoms with Gasteiger partial charge in [-0.3, -0.25) is 4.79 Å². The van der Waals surface area contributed by atoms with Crippen molar-refractivity contribution < 1.29 is 18.0 Å². The number of amides is 1. The normalized spacial score (nSPS) is 12.9. The van der Waals surface area contributed by atoms with Gasteiger partial charge in [-0.15, -0.1) is 0 Å². The summed E-state index contributed by atoms with van der Waals surface area (Å²) in [5, 5.41) is 0. The molecule has 0 aromatic heterocycles. The molecular weight excluding hydrogens is 409 g/mol. The van der Waals surface area contributed by atoms with Gasteiger partial charge in [0.05, 0.1) is 16.9 Å². The van der Waals surface area contributed by atoms with Gasteiger partial charge in [0, 0.05) is 35.5 Å². The second-order valence-electron chi connectivity index (χ2n) is 6.94. The summed E-state index contributed by atoms with van der Waals surface area (Å²) >= 11 is 1.44. The Balaban J connectivity index is 1.63. The second kappa shape index (κ2) is 8.07. The van der Waals surface area contributed by atoms with Gasteiger partial charge in [-0.05, 0) is 42.5 Å². The van der Waals surface area contributed by atoms with Crippen molar-refractivity contribution in [2.45, 2.75) is 22.4 Å². The van der Waals surface area contributed by atoms with E-state index in [9.17, 15) is 18.0 Å². The number of rotatable bonds is 4. The van der Waals surface area contributed by atoms with Crippen molar-refractivity contribution >= 4 is 34.7 Å². The molecule has 0 spiro atoms. The molecule has 1 heterocycles. The van der Waals surface area contributed by atoms with Crippen LogP contribution in [0.1, 0.15) is 12.0 Å². The molecule has 0 fully saturated rings. The van der Waals surface area contributed by atoms with E-state index in [1.807, 2.05) is 59.5 Å². The molecule has 1 aliphatic rings. The average Bonchev–Trinajstić information content (AvgIpc) is 2.75. The highest BCUT2D eigenvalue weighted by atomic mass is 32.2. The van der Waals surface area contributed by atoms with Gasteiger partial charge in [-0.2, -0.15) is 13.2 Å². The van der Waals surface area contributed by atoms with Crippen molar-refractivity contribution in [1.29, 1.82) is 0 Å². The monoisotopic (exact) mass is 428 g/mol. The zero-order chi connectivity index (χ0) is 21.3. The highest BCUT2D eigenvalue weighted by Gasteiger charge is 2.33. The Hall–Kier alpha value is -2.93. The summed E-state index contributed by atoms with van der Waals surface area (Å²) in [6.07, 6.45) is -4.26. The summed E-state index contributed by atoms with van der Waals surface area (Å²) in [5.74, 6) is -0.106. The molecule has 7 heteroatoms. The first-order chi connectivity index (χ1) is 14.3. The number of halogens is 3. The molecule has 154 valence electrons. The Labute approximate surface area is 177 Å².